The van der Waals surface area contributed by atoms with Crippen molar-refractivity contribution in [3.8, 4) is 21.8 Å². The van der Waals surface area contributed by atoms with Gasteiger partial charge in [0, 0.05) is 34.6 Å². The first-order valence-electron chi connectivity index (χ1n) is 11.7. The van der Waals surface area contributed by atoms with Gasteiger partial charge in [0.1, 0.15) is 10.4 Å². The Balaban J connectivity index is 1.51. The summed E-state index contributed by atoms with van der Waals surface area (Å²) in [7, 11) is -4.15. The van der Waals surface area contributed by atoms with E-state index in [2.05, 4.69) is 9.97 Å². The van der Waals surface area contributed by atoms with Gasteiger partial charge in [0.2, 0.25) is 5.91 Å². The number of thiophene rings is 1. The summed E-state index contributed by atoms with van der Waals surface area (Å²) in [4.78, 5) is 35.7. The molecule has 0 spiro atoms. The Labute approximate surface area is 222 Å². The van der Waals surface area contributed by atoms with E-state index in [4.69, 9.17) is 10.2 Å². The molecule has 0 bridgehead atoms. The van der Waals surface area contributed by atoms with Gasteiger partial charge < -0.3 is 20.2 Å². The zero-order valence-electron chi connectivity index (χ0n) is 20.1. The Bertz CT molecular complexity index is 1550. The predicted octanol–water partition coefficient (Wildman–Crippen LogP) is 2.47. The van der Waals surface area contributed by atoms with E-state index in [9.17, 15) is 23.1 Å². The van der Waals surface area contributed by atoms with Gasteiger partial charge in [0.25, 0.3) is 5.91 Å². The van der Waals surface area contributed by atoms with Crippen molar-refractivity contribution in [3.63, 3.8) is 0 Å². The predicted molar refractivity (Wildman–Crippen MR) is 141 cm³/mol. The first-order valence-corrected chi connectivity index (χ1v) is 14.2. The summed E-state index contributed by atoms with van der Waals surface area (Å²) < 4.78 is 30.9. The zero-order chi connectivity index (χ0) is 26.9. The second-order valence-electron chi connectivity index (χ2n) is 8.88. The van der Waals surface area contributed by atoms with Gasteiger partial charge in [-0.2, -0.15) is 0 Å². The van der Waals surface area contributed by atoms with E-state index < -0.39 is 38.3 Å². The van der Waals surface area contributed by atoms with Crippen molar-refractivity contribution in [2.45, 2.75) is 17.3 Å². The number of primary amides is 1. The molecule has 1 aliphatic rings. The summed E-state index contributed by atoms with van der Waals surface area (Å²) in [6, 6.07) is 15.7. The Morgan fingerprint density at radius 2 is 1.84 bits per heavy atom. The summed E-state index contributed by atoms with van der Waals surface area (Å²) in [5, 5.41) is 11.0. The van der Waals surface area contributed by atoms with E-state index in [1.165, 1.54) is 17.5 Å². The minimum atomic E-state index is -4.15. The number of sulfone groups is 1. The van der Waals surface area contributed by atoms with Gasteiger partial charge in [-0.3, -0.25) is 14.6 Å². The molecule has 3 N–H and O–H groups in total. The van der Waals surface area contributed by atoms with E-state index in [0.717, 1.165) is 27.3 Å². The molecule has 4 aromatic rings. The summed E-state index contributed by atoms with van der Waals surface area (Å²) >= 11 is 1.16. The van der Waals surface area contributed by atoms with Crippen molar-refractivity contribution in [1.29, 1.82) is 0 Å². The number of pyridine rings is 1. The number of aliphatic hydroxyl groups excluding tert-OH is 1. The highest BCUT2D eigenvalue weighted by molar-refractivity contribution is 7.92. The van der Waals surface area contributed by atoms with Gasteiger partial charge in [0.05, 0.1) is 11.9 Å². The van der Waals surface area contributed by atoms with Gasteiger partial charge in [-0.15, -0.1) is 11.3 Å². The number of aliphatic hydroxyl groups is 1. The summed E-state index contributed by atoms with van der Waals surface area (Å²) in [6.45, 7) is -0.121. The third-order valence-corrected chi connectivity index (χ3v) is 10.6. The van der Waals surface area contributed by atoms with Crippen LogP contribution in [-0.4, -0.2) is 65.2 Å². The van der Waals surface area contributed by atoms with E-state index >= 15 is 0 Å². The maximum atomic E-state index is 13.8. The van der Waals surface area contributed by atoms with Gasteiger partial charge >= 0.3 is 0 Å². The van der Waals surface area contributed by atoms with Gasteiger partial charge in [-0.1, -0.05) is 30.3 Å². The zero-order valence-corrected chi connectivity index (χ0v) is 21.7. The summed E-state index contributed by atoms with van der Waals surface area (Å²) in [5.74, 6) is -1.41. The highest BCUT2D eigenvalue weighted by Gasteiger charge is 2.55. The average Bonchev–Trinajstić information content (AvgIpc) is 3.62. The van der Waals surface area contributed by atoms with Crippen LogP contribution in [0.2, 0.25) is 0 Å². The normalized spacial score (nSPS) is 20.0. The summed E-state index contributed by atoms with van der Waals surface area (Å²) in [6.07, 6.45) is 2.22. The van der Waals surface area contributed by atoms with Crippen LogP contribution in [0.1, 0.15) is 21.8 Å². The number of benzene rings is 1. The van der Waals surface area contributed by atoms with E-state index in [0.29, 0.717) is 5.76 Å². The lowest BCUT2D eigenvalue weighted by atomic mass is 9.94. The average molecular weight is 553 g/mol. The number of oxazole rings is 1. The van der Waals surface area contributed by atoms with Gasteiger partial charge in [-0.05, 0) is 36.2 Å². The topological polar surface area (TPSA) is 157 Å². The number of carbonyl (C=O) groups is 2. The van der Waals surface area contributed by atoms with Crippen molar-refractivity contribution in [2.24, 2.45) is 5.73 Å². The molecule has 0 saturated carbocycles. The molecular formula is C26H24N4O6S2. The Morgan fingerprint density at radius 1 is 1.08 bits per heavy atom. The van der Waals surface area contributed by atoms with E-state index in [1.807, 2.05) is 24.3 Å². The SMILES string of the molecule is NC(=O)C(O)C1(c2ccc(-c3ccc(-c4cnco4)cc3)s2)CCN(C(=O)c2ccccn2)CCS1(=O)=O. The Hall–Kier alpha value is -3.87. The van der Waals surface area contributed by atoms with Crippen LogP contribution >= 0.6 is 11.3 Å². The molecule has 38 heavy (non-hydrogen) atoms. The number of amides is 2. The van der Waals surface area contributed by atoms with Crippen molar-refractivity contribution in [3.05, 3.63) is 84.0 Å². The molecule has 2 amide bonds. The molecular weight excluding hydrogens is 528 g/mol. The Morgan fingerprint density at radius 3 is 2.50 bits per heavy atom. The lowest BCUT2D eigenvalue weighted by Gasteiger charge is -2.34. The molecule has 1 aromatic carbocycles. The molecule has 12 heteroatoms. The molecule has 0 aliphatic carbocycles. The second-order valence-corrected chi connectivity index (χ2v) is 12.3. The number of rotatable bonds is 6. The highest BCUT2D eigenvalue weighted by Crippen LogP contribution is 2.45. The quantitative estimate of drug-likeness (QED) is 0.369. The molecule has 2 atom stereocenters. The van der Waals surface area contributed by atoms with Crippen LogP contribution in [0.3, 0.4) is 0 Å². The molecule has 4 heterocycles. The van der Waals surface area contributed by atoms with Crippen LogP contribution in [0.5, 0.6) is 0 Å². The lowest BCUT2D eigenvalue weighted by Crippen LogP contribution is -2.53. The maximum Gasteiger partial charge on any atom is 0.272 e. The van der Waals surface area contributed by atoms with Crippen molar-refractivity contribution >= 4 is 33.0 Å². The van der Waals surface area contributed by atoms with E-state index in [-0.39, 0.29) is 30.1 Å². The number of nitrogens with two attached hydrogens (primary N) is 1. The molecule has 3 aromatic heterocycles. The minimum Gasteiger partial charge on any atom is -0.444 e. The van der Waals surface area contributed by atoms with Crippen molar-refractivity contribution in [1.82, 2.24) is 14.9 Å². The van der Waals surface area contributed by atoms with Crippen molar-refractivity contribution < 1.29 is 27.5 Å². The van der Waals surface area contributed by atoms with Crippen LogP contribution in [0.4, 0.5) is 0 Å². The smallest absolute Gasteiger partial charge is 0.272 e. The summed E-state index contributed by atoms with van der Waals surface area (Å²) in [5.41, 5.74) is 7.29. The number of aromatic nitrogens is 2. The fourth-order valence-electron chi connectivity index (χ4n) is 4.66. The Kier molecular flexibility index (Phi) is 6.86. The third kappa shape index (κ3) is 4.51. The van der Waals surface area contributed by atoms with Crippen molar-refractivity contribution in [2.75, 3.05) is 18.8 Å². The molecule has 2 unspecified atom stereocenters. The number of carbonyl (C=O) groups excluding carboxylic acids is 2. The first kappa shape index (κ1) is 25.8. The number of hydrogen-bond acceptors (Lipinski definition) is 9. The van der Waals surface area contributed by atoms with Crippen LogP contribution < -0.4 is 5.73 Å². The molecule has 1 aliphatic heterocycles. The molecule has 1 fully saturated rings. The van der Waals surface area contributed by atoms with Gasteiger partial charge in [-0.25, -0.2) is 13.4 Å². The third-order valence-electron chi connectivity index (χ3n) is 6.73. The van der Waals surface area contributed by atoms with Gasteiger partial charge in [0.15, 0.2) is 28.1 Å². The molecule has 10 nitrogen and oxygen atoms in total. The molecule has 0 radical (unpaired) electrons. The highest BCUT2D eigenvalue weighted by atomic mass is 32.2. The maximum absolute atomic E-state index is 13.8. The molecule has 5 rings (SSSR count). The van der Waals surface area contributed by atoms with Crippen LogP contribution in [0.15, 0.2) is 77.8 Å². The largest absolute Gasteiger partial charge is 0.444 e. The first-order chi connectivity index (χ1) is 18.2. The fourth-order valence-corrected chi connectivity index (χ4v) is 8.37. The standard InChI is InChI=1S/C26H24N4O6S2/c27-24(32)23(31)26(10-12-30(13-14-38(26,34)35)25(33)19-3-1-2-11-29-19)22-9-8-21(37-22)18-6-4-17(5-7-18)20-15-28-16-36-20/h1-9,11,15-16,23,31H,10,12-14H2,(H2,27,32). The second kappa shape index (κ2) is 10.1. The molecule has 196 valence electrons. The monoisotopic (exact) mass is 552 g/mol. The number of hydrogen-bond donors (Lipinski definition) is 2. The number of nitrogens with zero attached hydrogens (tertiary/aromatic N) is 3. The van der Waals surface area contributed by atoms with E-state index in [1.54, 1.807) is 36.5 Å². The lowest BCUT2D eigenvalue weighted by molar-refractivity contribution is -0.128. The fraction of sp³-hybridized carbons (Fsp3) is 0.231. The van der Waals surface area contributed by atoms with Crippen LogP contribution in [0.25, 0.3) is 21.8 Å². The molecule has 1 saturated heterocycles. The minimum absolute atomic E-state index is 0.0158. The van der Waals surface area contributed by atoms with Crippen LogP contribution in [0, 0.1) is 0 Å². The van der Waals surface area contributed by atoms with Crippen LogP contribution in [-0.2, 0) is 19.4 Å².